The number of rotatable bonds is 21. The Morgan fingerprint density at radius 2 is 0.766 bits per heavy atom. The molecule has 64 heavy (non-hydrogen) atoms. The van der Waals surface area contributed by atoms with Crippen LogP contribution in [-0.2, 0) is 69.8 Å². The fraction of sp³-hybridized carbons (Fsp3) is 0.793. The molecule has 0 spiro atoms. The summed E-state index contributed by atoms with van der Waals surface area (Å²) in [5, 5.41) is -5.47. The van der Waals surface area contributed by atoms with Crippen molar-refractivity contribution in [2.75, 3.05) is 45.8 Å². The number of nitrogens with two attached hydrogens (primary N) is 1. The van der Waals surface area contributed by atoms with Crippen LogP contribution in [0.2, 0.25) is 0 Å². The molecular formula is C29H63ClN3Na6O20S5+. The maximum Gasteiger partial charge on any atom is 1.00 e. The summed E-state index contributed by atoms with van der Waals surface area (Å²) in [6.07, 6.45) is 3.20. The van der Waals surface area contributed by atoms with E-state index in [-0.39, 0.29) is 244 Å². The third kappa shape index (κ3) is 75.0. The van der Waals surface area contributed by atoms with Crippen LogP contribution in [0.3, 0.4) is 0 Å². The van der Waals surface area contributed by atoms with Gasteiger partial charge in [0.25, 0.3) is 0 Å². The normalized spacial score (nSPS) is 9.92. The average molecular weight is 1110 g/mol. The van der Waals surface area contributed by atoms with Gasteiger partial charge < -0.3 is 43.8 Å². The molecule has 0 bridgehead atoms. The minimum Gasteiger partial charge on any atom is -0.870 e. The third-order valence-corrected chi connectivity index (χ3v) is 9.67. The third-order valence-electron chi connectivity index (χ3n) is 6.22. The van der Waals surface area contributed by atoms with Crippen molar-refractivity contribution in [1.29, 1.82) is 0 Å². The molecule has 0 amide bonds. The van der Waals surface area contributed by atoms with Gasteiger partial charge in [-0.1, -0.05) is 68.9 Å². The van der Waals surface area contributed by atoms with Crippen LogP contribution in [0.25, 0.3) is 0 Å². The van der Waals surface area contributed by atoms with Crippen LogP contribution in [0, 0.1) is 0 Å². The summed E-state index contributed by atoms with van der Waals surface area (Å²) >= 11 is 0. The van der Waals surface area contributed by atoms with Crippen LogP contribution in [0.1, 0.15) is 107 Å². The molecule has 4 N–H and O–H groups in total. The molecule has 356 valence electrons. The maximum atomic E-state index is 11.0. The molecule has 0 rings (SSSR count). The molecule has 0 saturated heterocycles. The number of unbranched alkanes of at least 4 members (excludes halogenated alkanes) is 3. The first kappa shape index (κ1) is 109. The average Bonchev–Trinajstić information content (AvgIpc) is 3.02. The van der Waals surface area contributed by atoms with Gasteiger partial charge in [0, 0.05) is 31.3 Å². The summed E-state index contributed by atoms with van der Waals surface area (Å²) in [6, 6.07) is 0. The van der Waals surface area contributed by atoms with Gasteiger partial charge in [0.1, 0.15) is 10.1 Å². The van der Waals surface area contributed by atoms with Gasteiger partial charge in [-0.3, -0.25) is 19.2 Å². The van der Waals surface area contributed by atoms with E-state index < -0.39 is 96.7 Å². The molecule has 23 nitrogen and oxygen atoms in total. The van der Waals surface area contributed by atoms with Gasteiger partial charge in [-0.05, 0) is 32.4 Å². The fourth-order valence-electron chi connectivity index (χ4n) is 3.28. The Bertz CT molecular complexity index is 1500. The van der Waals surface area contributed by atoms with Gasteiger partial charge in [0.05, 0.1) is 32.5 Å². The smallest absolute Gasteiger partial charge is 0.870 e. The van der Waals surface area contributed by atoms with Crippen molar-refractivity contribution >= 4 is 83.5 Å². The first-order chi connectivity index (χ1) is 23.9. The molecule has 0 atom stereocenters. The van der Waals surface area contributed by atoms with E-state index >= 15 is 0 Å². The summed E-state index contributed by atoms with van der Waals surface area (Å²) in [6.45, 7) is 10.1. The Morgan fingerprint density at radius 3 is 0.953 bits per heavy atom. The zero-order chi connectivity index (χ0) is 42.7. The van der Waals surface area contributed by atoms with Crippen LogP contribution in [0.15, 0.2) is 12.0 Å². The van der Waals surface area contributed by atoms with Crippen LogP contribution in [0.4, 0.5) is 0 Å². The predicted octanol–water partition coefficient (Wildman–Crippen LogP) is -18.8. The molecule has 0 fully saturated rings. The molecule has 0 aliphatic rings. The number of hydrogen-bond donors (Lipinski definition) is 2. The van der Waals surface area contributed by atoms with Crippen LogP contribution >= 0.6 is 12.4 Å². The second kappa shape index (κ2) is 59.7. The van der Waals surface area contributed by atoms with Crippen molar-refractivity contribution in [3.63, 3.8) is 0 Å². The van der Waals surface area contributed by atoms with E-state index in [9.17, 15) is 84.0 Å². The summed E-state index contributed by atoms with van der Waals surface area (Å²) in [7, 11) is -24.1. The number of nitrogens with zero attached hydrogens (tertiary/aromatic N) is 1. The van der Waals surface area contributed by atoms with Crippen molar-refractivity contribution in [1.82, 2.24) is 4.90 Å². The Balaban J connectivity index is -0.0000000409. The molecule has 0 aliphatic heterocycles. The SMILES string of the molecule is C.C.C.C=CS(=O)(=O)[O-].CCCCN.CCCCN(CCC(=O)S(=O)(=O)[O-])CCC(=O)S(=O)(=O)[O-].CCCC[NH+](CCC(=O)S(=O)(=O)[O-])CCC(=O)S(=O)(=O)[O-].Cl.[Na+].[Na+].[Na+].[Na+].[Na+].[Na+].[OH-]. The van der Waals surface area contributed by atoms with Gasteiger partial charge in [0.2, 0.25) is 20.5 Å². The maximum absolute atomic E-state index is 11.0. The summed E-state index contributed by atoms with van der Waals surface area (Å²) in [5.74, 6) is 0. The van der Waals surface area contributed by atoms with Crippen molar-refractivity contribution in [2.24, 2.45) is 5.73 Å². The summed E-state index contributed by atoms with van der Waals surface area (Å²) < 4.78 is 154. The Kier molecular flexibility index (Phi) is 101. The second-order valence-corrected chi connectivity index (χ2v) is 17.4. The summed E-state index contributed by atoms with van der Waals surface area (Å²) in [5.41, 5.74) is 5.14. The first-order valence-electron chi connectivity index (χ1n) is 15.7. The van der Waals surface area contributed by atoms with Gasteiger partial charge >= 0.3 is 177 Å². The molecule has 35 heteroatoms. The largest absolute Gasteiger partial charge is 1.00 e. The molecular weight excluding hydrogens is 1040 g/mol. The van der Waals surface area contributed by atoms with E-state index in [2.05, 4.69) is 13.5 Å². The molecule has 0 unspecified atom stereocenters. The quantitative estimate of drug-likeness (QED) is 0.0796. The summed E-state index contributed by atoms with van der Waals surface area (Å²) in [4.78, 5) is 46.1. The molecule has 0 aromatic heterocycles. The number of nitrogens with one attached hydrogen (secondary N) is 1. The van der Waals surface area contributed by atoms with Gasteiger partial charge in [-0.25, -0.2) is 42.1 Å². The van der Waals surface area contributed by atoms with E-state index in [1.165, 1.54) is 17.7 Å². The van der Waals surface area contributed by atoms with Crippen LogP contribution < -0.4 is 188 Å². The zero-order valence-corrected chi connectivity index (χ0v) is 53.4. The standard InChI is InChI=1S/2C10H19NO8S2.C4H11N.C2H4O3S.3CH4.ClH.6Na.H2O/c2*1-2-3-6-11(7-4-9(12)20(14,15)16)8-5-10(13)21(17,18)19;1-2-3-4-5;1-2-6(3,4)5;;;;;;;;;;;/h2*2-8H2,1H3,(H,14,15,16)(H,17,18,19);2-5H2,1H3;2H,1H2,(H,3,4,5);3*1H4;1H;;;;;;;1H2/q;;;;;;;;6*+1;/p-5. The van der Waals surface area contributed by atoms with Crippen molar-refractivity contribution in [3.8, 4) is 0 Å². The zero-order valence-electron chi connectivity index (χ0n) is 36.5. The van der Waals surface area contributed by atoms with Crippen molar-refractivity contribution < 1.29 is 272 Å². The fourth-order valence-corrected chi connectivity index (χ4v) is 4.67. The molecule has 0 aromatic carbocycles. The molecule has 0 saturated carbocycles. The second-order valence-electron chi connectivity index (χ2n) is 10.7. The van der Waals surface area contributed by atoms with Crippen molar-refractivity contribution in [3.05, 3.63) is 12.0 Å². The topological polar surface area (TPSA) is 418 Å². The number of carbonyl (C=O) groups is 4. The van der Waals surface area contributed by atoms with Crippen LogP contribution in [0.5, 0.6) is 0 Å². The van der Waals surface area contributed by atoms with E-state index in [0.717, 1.165) is 19.4 Å². The number of hydrogen-bond acceptors (Lipinski definition) is 22. The molecule has 0 heterocycles. The molecule has 0 aromatic rings. The molecule has 0 radical (unpaired) electrons. The minimum atomic E-state index is -5.00. The Labute approximate surface area is 522 Å². The predicted molar refractivity (Wildman–Crippen MR) is 212 cm³/mol. The number of quaternary nitrogens is 1. The van der Waals surface area contributed by atoms with E-state index in [1.807, 2.05) is 13.8 Å². The Morgan fingerprint density at radius 1 is 0.516 bits per heavy atom. The van der Waals surface area contributed by atoms with Crippen molar-refractivity contribution in [2.45, 2.75) is 107 Å². The minimum absolute atomic E-state index is 0. The van der Waals surface area contributed by atoms with E-state index in [4.69, 9.17) is 5.73 Å². The number of carbonyl (C=O) groups excluding carboxylic acids is 4. The van der Waals surface area contributed by atoms with E-state index in [1.54, 1.807) is 0 Å². The van der Waals surface area contributed by atoms with E-state index in [0.29, 0.717) is 36.2 Å². The van der Waals surface area contributed by atoms with Gasteiger partial charge in [-0.2, -0.15) is 0 Å². The van der Waals surface area contributed by atoms with Crippen LogP contribution in [-0.4, -0.2) is 142 Å². The van der Waals surface area contributed by atoms with Gasteiger partial charge in [-0.15, -0.1) is 12.4 Å². The Hall–Kier alpha value is 4.10. The molecule has 0 aliphatic carbocycles. The first-order valence-corrected chi connectivity index (χ1v) is 22.8. The number of halogens is 1. The van der Waals surface area contributed by atoms with Gasteiger partial charge in [0.15, 0.2) is 40.5 Å². The monoisotopic (exact) mass is 1110 g/mol.